The van der Waals surface area contributed by atoms with Gasteiger partial charge in [0.05, 0.1) is 17.1 Å². The number of rotatable bonds is 6. The number of ether oxygens (including phenoxy) is 2. The Kier molecular flexibility index (Phi) is 6.15. The number of nitrogens with zero attached hydrogens (tertiary/aromatic N) is 3. The van der Waals surface area contributed by atoms with Crippen LogP contribution in [0.2, 0.25) is 5.02 Å². The number of allylic oxidation sites excluding steroid dienone is 1. The van der Waals surface area contributed by atoms with Gasteiger partial charge >= 0.3 is 0 Å². The Bertz CT molecular complexity index is 942. The molecule has 2 aromatic rings. The zero-order valence-electron chi connectivity index (χ0n) is 13.6. The van der Waals surface area contributed by atoms with Crippen LogP contribution in [-0.4, -0.2) is 12.0 Å². The number of hydrogen-bond acceptors (Lipinski definition) is 6. The van der Waals surface area contributed by atoms with Crippen molar-refractivity contribution in [3.8, 4) is 23.6 Å². The third kappa shape index (κ3) is 4.50. The van der Waals surface area contributed by atoms with Crippen LogP contribution in [-0.2, 0) is 6.61 Å². The predicted molar refractivity (Wildman–Crippen MR) is 94.6 cm³/mol. The monoisotopic (exact) mass is 369 g/mol. The molecule has 0 bridgehead atoms. The first-order valence-electron chi connectivity index (χ1n) is 7.24. The summed E-state index contributed by atoms with van der Waals surface area (Å²) >= 11 is 6.01. The van der Waals surface area contributed by atoms with Crippen LogP contribution in [0.3, 0.4) is 0 Å². The van der Waals surface area contributed by atoms with E-state index in [4.69, 9.17) is 31.6 Å². The molecule has 8 heteroatoms. The number of nitro groups is 1. The van der Waals surface area contributed by atoms with Crippen LogP contribution < -0.4 is 9.47 Å². The number of hydrogen-bond donors (Lipinski definition) is 0. The first kappa shape index (κ1) is 18.8. The molecule has 2 aromatic carbocycles. The minimum atomic E-state index is -0.545. The highest BCUT2D eigenvalue weighted by atomic mass is 35.5. The van der Waals surface area contributed by atoms with Crippen LogP contribution in [0.4, 0.5) is 5.69 Å². The summed E-state index contributed by atoms with van der Waals surface area (Å²) in [5.41, 5.74) is 1.14. The second-order valence-electron chi connectivity index (χ2n) is 5.01. The molecule has 0 fully saturated rings. The Morgan fingerprint density at radius 2 is 1.92 bits per heavy atom. The summed E-state index contributed by atoms with van der Waals surface area (Å²) in [5.74, 6) is 0.839. The van der Waals surface area contributed by atoms with E-state index in [-0.39, 0.29) is 28.6 Å². The Balaban J connectivity index is 2.26. The molecular weight excluding hydrogens is 358 g/mol. The Morgan fingerprint density at radius 1 is 1.23 bits per heavy atom. The first-order chi connectivity index (χ1) is 12.5. The second-order valence-corrected chi connectivity index (χ2v) is 5.42. The summed E-state index contributed by atoms with van der Waals surface area (Å²) in [5, 5.41) is 28.6. The van der Waals surface area contributed by atoms with Gasteiger partial charge < -0.3 is 9.47 Å². The molecule has 0 saturated carbocycles. The molecule has 0 aliphatic rings. The van der Waals surface area contributed by atoms with Crippen LogP contribution in [0.1, 0.15) is 11.1 Å². The van der Waals surface area contributed by atoms with Crippen LogP contribution in [0.25, 0.3) is 6.08 Å². The molecule has 0 spiro atoms. The molecule has 0 radical (unpaired) electrons. The van der Waals surface area contributed by atoms with Crippen molar-refractivity contribution in [2.75, 3.05) is 7.11 Å². The molecule has 0 aliphatic carbocycles. The molecule has 0 aromatic heterocycles. The highest BCUT2D eigenvalue weighted by molar-refractivity contribution is 6.32. The quantitative estimate of drug-likeness (QED) is 0.427. The summed E-state index contributed by atoms with van der Waals surface area (Å²) in [7, 11) is 1.50. The zero-order chi connectivity index (χ0) is 19.1. The van der Waals surface area contributed by atoms with Gasteiger partial charge in [0.2, 0.25) is 0 Å². The molecule has 0 atom stereocenters. The van der Waals surface area contributed by atoms with Gasteiger partial charge in [0.15, 0.2) is 0 Å². The molecular formula is C18H12ClN3O4. The van der Waals surface area contributed by atoms with Gasteiger partial charge in [-0.25, -0.2) is 0 Å². The summed E-state index contributed by atoms with van der Waals surface area (Å²) in [4.78, 5) is 10.2. The summed E-state index contributed by atoms with van der Waals surface area (Å²) in [6.45, 7) is 0.0802. The van der Waals surface area contributed by atoms with Crippen molar-refractivity contribution in [3.63, 3.8) is 0 Å². The zero-order valence-corrected chi connectivity index (χ0v) is 14.4. The second kappa shape index (κ2) is 8.52. The van der Waals surface area contributed by atoms with Crippen molar-refractivity contribution >= 4 is 23.4 Å². The van der Waals surface area contributed by atoms with Crippen LogP contribution >= 0.6 is 11.6 Å². The van der Waals surface area contributed by atoms with Gasteiger partial charge in [-0.05, 0) is 29.8 Å². The van der Waals surface area contributed by atoms with Gasteiger partial charge in [-0.2, -0.15) is 10.5 Å². The van der Waals surface area contributed by atoms with Gasteiger partial charge in [-0.3, -0.25) is 10.1 Å². The van der Waals surface area contributed by atoms with Gasteiger partial charge in [-0.15, -0.1) is 0 Å². The molecule has 0 heterocycles. The van der Waals surface area contributed by atoms with E-state index in [1.54, 1.807) is 30.3 Å². The van der Waals surface area contributed by atoms with E-state index < -0.39 is 4.92 Å². The molecule has 26 heavy (non-hydrogen) atoms. The van der Waals surface area contributed by atoms with E-state index in [0.29, 0.717) is 16.9 Å². The number of nitriles is 2. The fourth-order valence-corrected chi connectivity index (χ4v) is 2.36. The van der Waals surface area contributed by atoms with Crippen molar-refractivity contribution in [1.82, 2.24) is 0 Å². The van der Waals surface area contributed by atoms with E-state index in [2.05, 4.69) is 0 Å². The van der Waals surface area contributed by atoms with E-state index in [9.17, 15) is 10.1 Å². The molecule has 130 valence electrons. The maximum atomic E-state index is 10.7. The van der Waals surface area contributed by atoms with Crippen molar-refractivity contribution in [1.29, 1.82) is 10.5 Å². The number of non-ortho nitro benzene ring substituents is 1. The standard InChI is InChI=1S/C18H12ClN3O4/c1-25-17-4-2-12(6-13(9-20)10-21)7-14(17)11-26-18-5-3-15(22(23)24)8-16(18)19/h2-8H,11H2,1H3. The van der Waals surface area contributed by atoms with Crippen LogP contribution in [0, 0.1) is 32.8 Å². The molecule has 2 rings (SSSR count). The van der Waals surface area contributed by atoms with E-state index >= 15 is 0 Å². The van der Waals surface area contributed by atoms with Crippen LogP contribution in [0.15, 0.2) is 42.0 Å². The Hall–Kier alpha value is -3.55. The van der Waals surface area contributed by atoms with Crippen molar-refractivity contribution in [2.45, 2.75) is 6.61 Å². The number of nitro benzene ring substituents is 1. The molecule has 0 unspecified atom stereocenters. The van der Waals surface area contributed by atoms with E-state index in [1.807, 2.05) is 0 Å². The number of benzene rings is 2. The molecule has 0 aliphatic heterocycles. The van der Waals surface area contributed by atoms with Gasteiger partial charge in [0.1, 0.15) is 35.8 Å². The topological polar surface area (TPSA) is 109 Å². The number of halogens is 1. The predicted octanol–water partition coefficient (Wildman–Crippen LogP) is 4.27. The van der Waals surface area contributed by atoms with E-state index in [1.165, 1.54) is 31.4 Å². The normalized spacial score (nSPS) is 9.54. The summed E-state index contributed by atoms with van der Waals surface area (Å²) in [6.07, 6.45) is 1.45. The highest BCUT2D eigenvalue weighted by Crippen LogP contribution is 2.30. The average molecular weight is 370 g/mol. The minimum Gasteiger partial charge on any atom is -0.496 e. The highest BCUT2D eigenvalue weighted by Gasteiger charge is 2.12. The maximum absolute atomic E-state index is 10.7. The summed E-state index contributed by atoms with van der Waals surface area (Å²) < 4.78 is 10.9. The fourth-order valence-electron chi connectivity index (χ4n) is 2.13. The lowest BCUT2D eigenvalue weighted by Gasteiger charge is -2.12. The van der Waals surface area contributed by atoms with Crippen LogP contribution in [0.5, 0.6) is 11.5 Å². The first-order valence-corrected chi connectivity index (χ1v) is 7.62. The van der Waals surface area contributed by atoms with Gasteiger partial charge in [-0.1, -0.05) is 17.7 Å². The van der Waals surface area contributed by atoms with Crippen molar-refractivity contribution in [2.24, 2.45) is 0 Å². The molecule has 0 N–H and O–H groups in total. The third-order valence-corrected chi connectivity index (χ3v) is 3.66. The molecule has 7 nitrogen and oxygen atoms in total. The minimum absolute atomic E-state index is 0.0274. The lowest BCUT2D eigenvalue weighted by atomic mass is 10.1. The van der Waals surface area contributed by atoms with Crippen molar-refractivity contribution < 1.29 is 14.4 Å². The smallest absolute Gasteiger partial charge is 0.271 e. The fraction of sp³-hybridized carbons (Fsp3) is 0.111. The third-order valence-electron chi connectivity index (χ3n) is 3.37. The van der Waals surface area contributed by atoms with E-state index in [0.717, 1.165) is 0 Å². The summed E-state index contributed by atoms with van der Waals surface area (Å²) in [6, 6.07) is 12.6. The maximum Gasteiger partial charge on any atom is 0.271 e. The SMILES string of the molecule is COc1ccc(C=C(C#N)C#N)cc1COc1ccc([N+](=O)[O-])cc1Cl. The van der Waals surface area contributed by atoms with Gasteiger partial charge in [0.25, 0.3) is 5.69 Å². The molecule has 0 saturated heterocycles. The Morgan fingerprint density at radius 3 is 2.50 bits per heavy atom. The lowest BCUT2D eigenvalue weighted by Crippen LogP contribution is -2.00. The van der Waals surface area contributed by atoms with Crippen molar-refractivity contribution in [3.05, 3.63) is 68.2 Å². The largest absolute Gasteiger partial charge is 0.496 e. The van der Waals surface area contributed by atoms with Gasteiger partial charge in [0, 0.05) is 17.7 Å². The lowest BCUT2D eigenvalue weighted by molar-refractivity contribution is -0.384. The number of methoxy groups -OCH3 is 1. The molecule has 0 amide bonds. The Labute approximate surface area is 154 Å². The average Bonchev–Trinajstić information content (AvgIpc) is 2.65.